The van der Waals surface area contributed by atoms with Crippen molar-refractivity contribution < 1.29 is 14.6 Å². The molecule has 0 radical (unpaired) electrons. The smallest absolute Gasteiger partial charge is 0.322 e. The standard InChI is InChI=1S/C20H31N5O3/c26-15-18-4-1-7-24(18)14-17-3-2-8-25(17)20(27)22-16-5-6-19(21-13-16)23-9-11-28-12-10-23/h5-6,13,17-18,26H,1-4,7-12,14-15H2,(H,22,27)/t17-,18+/m1/s1. The molecule has 0 aliphatic carbocycles. The summed E-state index contributed by atoms with van der Waals surface area (Å²) in [6, 6.07) is 4.29. The molecule has 8 nitrogen and oxygen atoms in total. The molecule has 3 fully saturated rings. The molecule has 2 amide bonds. The number of rotatable bonds is 5. The van der Waals surface area contributed by atoms with E-state index >= 15 is 0 Å². The van der Waals surface area contributed by atoms with Gasteiger partial charge in [-0.2, -0.15) is 0 Å². The Kier molecular flexibility index (Phi) is 6.29. The Morgan fingerprint density at radius 2 is 1.93 bits per heavy atom. The average molecular weight is 390 g/mol. The molecular weight excluding hydrogens is 358 g/mol. The average Bonchev–Trinajstić information content (AvgIpc) is 3.39. The van der Waals surface area contributed by atoms with Crippen molar-refractivity contribution in [3.8, 4) is 0 Å². The first kappa shape index (κ1) is 19.4. The lowest BCUT2D eigenvalue weighted by Gasteiger charge is -2.31. The molecule has 0 saturated carbocycles. The summed E-state index contributed by atoms with van der Waals surface area (Å²) < 4.78 is 5.38. The number of pyridine rings is 1. The van der Waals surface area contributed by atoms with Crippen LogP contribution in [0.5, 0.6) is 0 Å². The number of carbonyl (C=O) groups is 1. The van der Waals surface area contributed by atoms with Crippen molar-refractivity contribution in [2.45, 2.75) is 37.8 Å². The molecule has 4 heterocycles. The molecule has 4 rings (SSSR count). The molecule has 3 aliphatic heterocycles. The van der Waals surface area contributed by atoms with Gasteiger partial charge in [0.15, 0.2) is 0 Å². The van der Waals surface area contributed by atoms with Crippen molar-refractivity contribution in [1.82, 2.24) is 14.8 Å². The largest absolute Gasteiger partial charge is 0.395 e. The minimum absolute atomic E-state index is 0.0526. The molecule has 0 bridgehead atoms. The molecular formula is C20H31N5O3. The predicted molar refractivity (Wildman–Crippen MR) is 108 cm³/mol. The van der Waals surface area contributed by atoms with Crippen molar-refractivity contribution in [3.05, 3.63) is 18.3 Å². The molecule has 2 N–H and O–H groups in total. The summed E-state index contributed by atoms with van der Waals surface area (Å²) in [5.74, 6) is 0.921. The number of aliphatic hydroxyl groups is 1. The third-order valence-corrected chi connectivity index (χ3v) is 6.13. The Labute approximate surface area is 166 Å². The summed E-state index contributed by atoms with van der Waals surface area (Å²) in [5.41, 5.74) is 0.724. The van der Waals surface area contributed by atoms with Gasteiger partial charge in [-0.05, 0) is 44.4 Å². The number of hydrogen-bond donors (Lipinski definition) is 2. The fourth-order valence-electron chi connectivity index (χ4n) is 4.54. The fraction of sp³-hybridized carbons (Fsp3) is 0.700. The number of nitrogens with zero attached hydrogens (tertiary/aromatic N) is 4. The van der Waals surface area contributed by atoms with Gasteiger partial charge in [0.2, 0.25) is 0 Å². The van der Waals surface area contributed by atoms with Gasteiger partial charge in [0, 0.05) is 38.3 Å². The maximum Gasteiger partial charge on any atom is 0.322 e. The van der Waals surface area contributed by atoms with Crippen LogP contribution in [-0.4, -0.2) is 90.5 Å². The zero-order chi connectivity index (χ0) is 19.3. The summed E-state index contributed by atoms with van der Waals surface area (Å²) in [4.78, 5) is 23.8. The lowest BCUT2D eigenvalue weighted by molar-refractivity contribution is 0.122. The molecule has 2 atom stereocenters. The van der Waals surface area contributed by atoms with Gasteiger partial charge in [0.1, 0.15) is 5.82 Å². The molecule has 0 aromatic carbocycles. The number of likely N-dealkylation sites (tertiary alicyclic amines) is 2. The topological polar surface area (TPSA) is 81.2 Å². The minimum atomic E-state index is -0.0526. The monoisotopic (exact) mass is 389 g/mol. The van der Waals surface area contributed by atoms with Crippen LogP contribution in [0.3, 0.4) is 0 Å². The third-order valence-electron chi connectivity index (χ3n) is 6.13. The van der Waals surface area contributed by atoms with Crippen LogP contribution >= 0.6 is 0 Å². The number of aromatic nitrogens is 1. The molecule has 0 spiro atoms. The maximum atomic E-state index is 12.8. The fourth-order valence-corrected chi connectivity index (χ4v) is 4.54. The molecule has 1 aromatic rings. The van der Waals surface area contributed by atoms with Gasteiger partial charge < -0.3 is 25.0 Å². The van der Waals surface area contributed by atoms with Crippen LogP contribution in [0.15, 0.2) is 18.3 Å². The van der Waals surface area contributed by atoms with E-state index in [4.69, 9.17) is 4.74 Å². The lowest BCUT2D eigenvalue weighted by atomic mass is 10.2. The van der Waals surface area contributed by atoms with Crippen LogP contribution in [0.25, 0.3) is 0 Å². The highest BCUT2D eigenvalue weighted by Gasteiger charge is 2.33. The second kappa shape index (κ2) is 9.07. The van der Waals surface area contributed by atoms with Crippen molar-refractivity contribution in [3.63, 3.8) is 0 Å². The molecule has 1 aromatic heterocycles. The number of ether oxygens (including phenoxy) is 1. The van der Waals surface area contributed by atoms with Crippen molar-refractivity contribution >= 4 is 17.5 Å². The first-order valence-corrected chi connectivity index (χ1v) is 10.5. The van der Waals surface area contributed by atoms with E-state index < -0.39 is 0 Å². The van der Waals surface area contributed by atoms with Gasteiger partial charge in [-0.3, -0.25) is 4.90 Å². The van der Waals surface area contributed by atoms with E-state index in [2.05, 4.69) is 20.1 Å². The highest BCUT2D eigenvalue weighted by Crippen LogP contribution is 2.24. The number of hydrogen-bond acceptors (Lipinski definition) is 6. The molecule has 8 heteroatoms. The third kappa shape index (κ3) is 4.39. The van der Waals surface area contributed by atoms with Crippen LogP contribution in [0.1, 0.15) is 25.7 Å². The van der Waals surface area contributed by atoms with E-state index in [0.717, 1.165) is 83.1 Å². The Morgan fingerprint density at radius 1 is 1.14 bits per heavy atom. The van der Waals surface area contributed by atoms with Crippen LogP contribution in [0, 0.1) is 0 Å². The highest BCUT2D eigenvalue weighted by molar-refractivity contribution is 5.89. The van der Waals surface area contributed by atoms with E-state index in [-0.39, 0.29) is 24.7 Å². The summed E-state index contributed by atoms with van der Waals surface area (Å²) in [6.45, 7) is 6.01. The quantitative estimate of drug-likeness (QED) is 0.792. The van der Waals surface area contributed by atoms with E-state index in [9.17, 15) is 9.90 Å². The van der Waals surface area contributed by atoms with Gasteiger partial charge in [-0.15, -0.1) is 0 Å². The number of carbonyl (C=O) groups excluding carboxylic acids is 1. The van der Waals surface area contributed by atoms with Crippen LogP contribution in [0.4, 0.5) is 16.3 Å². The zero-order valence-electron chi connectivity index (χ0n) is 16.4. The first-order chi connectivity index (χ1) is 13.7. The lowest BCUT2D eigenvalue weighted by Crippen LogP contribution is -2.46. The van der Waals surface area contributed by atoms with Crippen molar-refractivity contribution in [2.24, 2.45) is 0 Å². The van der Waals surface area contributed by atoms with Gasteiger partial charge in [-0.25, -0.2) is 9.78 Å². The van der Waals surface area contributed by atoms with Crippen LogP contribution < -0.4 is 10.2 Å². The second-order valence-electron chi connectivity index (χ2n) is 7.90. The number of amides is 2. The normalized spacial score (nSPS) is 26.0. The second-order valence-corrected chi connectivity index (χ2v) is 7.90. The SMILES string of the molecule is O=C(Nc1ccc(N2CCOCC2)nc1)N1CCC[C@@H]1CN1CCC[C@H]1CO. The van der Waals surface area contributed by atoms with Gasteiger partial charge >= 0.3 is 6.03 Å². The number of urea groups is 1. The van der Waals surface area contributed by atoms with Crippen LogP contribution in [-0.2, 0) is 4.74 Å². The number of aliphatic hydroxyl groups excluding tert-OH is 1. The van der Waals surface area contributed by atoms with Gasteiger partial charge in [-0.1, -0.05) is 0 Å². The van der Waals surface area contributed by atoms with E-state index in [0.29, 0.717) is 0 Å². The summed E-state index contributed by atoms with van der Waals surface area (Å²) in [5, 5.41) is 12.6. The molecule has 3 aliphatic rings. The molecule has 28 heavy (non-hydrogen) atoms. The predicted octanol–water partition coefficient (Wildman–Crippen LogP) is 1.37. The van der Waals surface area contributed by atoms with Crippen molar-refractivity contribution in [2.75, 3.05) is 62.8 Å². The molecule has 3 saturated heterocycles. The minimum Gasteiger partial charge on any atom is -0.395 e. The number of anilines is 2. The molecule has 0 unspecified atom stereocenters. The Morgan fingerprint density at radius 3 is 2.68 bits per heavy atom. The number of morpholine rings is 1. The van der Waals surface area contributed by atoms with Gasteiger partial charge in [0.05, 0.1) is 31.7 Å². The first-order valence-electron chi connectivity index (χ1n) is 10.5. The van der Waals surface area contributed by atoms with Crippen molar-refractivity contribution in [1.29, 1.82) is 0 Å². The highest BCUT2D eigenvalue weighted by atomic mass is 16.5. The maximum absolute atomic E-state index is 12.8. The summed E-state index contributed by atoms with van der Waals surface area (Å²) >= 11 is 0. The Hall–Kier alpha value is -1.90. The molecule has 154 valence electrons. The Bertz CT molecular complexity index is 650. The Balaban J connectivity index is 1.33. The van der Waals surface area contributed by atoms with E-state index in [1.165, 1.54) is 0 Å². The number of nitrogens with one attached hydrogen (secondary N) is 1. The van der Waals surface area contributed by atoms with E-state index in [1.807, 2.05) is 17.0 Å². The van der Waals surface area contributed by atoms with E-state index in [1.54, 1.807) is 6.20 Å². The summed E-state index contributed by atoms with van der Waals surface area (Å²) in [7, 11) is 0. The summed E-state index contributed by atoms with van der Waals surface area (Å²) in [6.07, 6.45) is 5.97. The zero-order valence-corrected chi connectivity index (χ0v) is 16.4. The van der Waals surface area contributed by atoms with Crippen LogP contribution in [0.2, 0.25) is 0 Å². The van der Waals surface area contributed by atoms with Gasteiger partial charge in [0.25, 0.3) is 0 Å².